The first-order valence-electron chi connectivity index (χ1n) is 5.51. The maximum absolute atomic E-state index is 11.3. The highest BCUT2D eigenvalue weighted by molar-refractivity contribution is 14.1. The van der Waals surface area contributed by atoms with Gasteiger partial charge in [0.25, 0.3) is 0 Å². The fourth-order valence-corrected chi connectivity index (χ4v) is 1.65. The van der Waals surface area contributed by atoms with Gasteiger partial charge < -0.3 is 10.1 Å². The molecule has 0 saturated heterocycles. The molecule has 0 aliphatic heterocycles. The summed E-state index contributed by atoms with van der Waals surface area (Å²) >= 11 is 2.21. The predicted octanol–water partition coefficient (Wildman–Crippen LogP) is 2.40. The second kappa shape index (κ2) is 6.23. The molecular formula is C11H18IN3O2. The summed E-state index contributed by atoms with van der Waals surface area (Å²) in [7, 11) is 0. The third-order valence-electron chi connectivity index (χ3n) is 1.83. The fraction of sp³-hybridized carbons (Fsp3) is 0.636. The van der Waals surface area contributed by atoms with Crippen LogP contribution in [-0.2, 0) is 11.3 Å². The minimum absolute atomic E-state index is 0.368. The number of nitrogens with one attached hydrogen (secondary N) is 1. The van der Waals surface area contributed by atoms with E-state index in [2.05, 4.69) is 33.0 Å². The maximum Gasteiger partial charge on any atom is 0.407 e. The van der Waals surface area contributed by atoms with Crippen molar-refractivity contribution in [1.29, 1.82) is 0 Å². The van der Waals surface area contributed by atoms with Gasteiger partial charge in [-0.15, -0.1) is 0 Å². The van der Waals surface area contributed by atoms with Gasteiger partial charge in [0.15, 0.2) is 0 Å². The van der Waals surface area contributed by atoms with E-state index in [0.717, 1.165) is 16.5 Å². The lowest BCUT2D eigenvalue weighted by molar-refractivity contribution is 0.0526. The van der Waals surface area contributed by atoms with Gasteiger partial charge in [-0.2, -0.15) is 5.10 Å². The quantitative estimate of drug-likeness (QED) is 0.670. The van der Waals surface area contributed by atoms with Crippen LogP contribution in [-0.4, -0.2) is 28.0 Å². The number of carbonyl (C=O) groups is 1. The molecule has 5 nitrogen and oxygen atoms in total. The molecule has 17 heavy (non-hydrogen) atoms. The predicted molar refractivity (Wildman–Crippen MR) is 73.8 cm³/mol. The van der Waals surface area contributed by atoms with Crippen LogP contribution in [0.3, 0.4) is 0 Å². The first kappa shape index (κ1) is 14.3. The molecule has 0 spiro atoms. The van der Waals surface area contributed by atoms with Crippen molar-refractivity contribution in [3.63, 3.8) is 0 Å². The van der Waals surface area contributed by atoms with Crippen LogP contribution in [0, 0.1) is 3.57 Å². The Balaban J connectivity index is 2.14. The smallest absolute Gasteiger partial charge is 0.407 e. The molecule has 6 heteroatoms. The van der Waals surface area contributed by atoms with Crippen LogP contribution >= 0.6 is 22.6 Å². The van der Waals surface area contributed by atoms with Crippen molar-refractivity contribution in [2.45, 2.75) is 39.3 Å². The summed E-state index contributed by atoms with van der Waals surface area (Å²) in [4.78, 5) is 11.3. The Labute approximate surface area is 115 Å². The summed E-state index contributed by atoms with van der Waals surface area (Å²) in [5.41, 5.74) is -0.442. The molecule has 0 unspecified atom stereocenters. The molecule has 0 atom stereocenters. The van der Waals surface area contributed by atoms with Gasteiger partial charge in [-0.1, -0.05) is 0 Å². The van der Waals surface area contributed by atoms with Crippen LogP contribution in [0.15, 0.2) is 12.4 Å². The van der Waals surface area contributed by atoms with Gasteiger partial charge in [0, 0.05) is 19.3 Å². The Morgan fingerprint density at radius 1 is 1.59 bits per heavy atom. The first-order valence-corrected chi connectivity index (χ1v) is 6.59. The Morgan fingerprint density at radius 2 is 2.29 bits per heavy atom. The molecule has 96 valence electrons. The SMILES string of the molecule is CC(C)(C)OC(=O)NCCCn1cc(I)cn1. The van der Waals surface area contributed by atoms with Gasteiger partial charge in [0.05, 0.1) is 9.77 Å². The number of hydrogen-bond donors (Lipinski definition) is 1. The lowest BCUT2D eigenvalue weighted by atomic mass is 10.2. The Hall–Kier alpha value is -0.790. The molecule has 0 bridgehead atoms. The number of nitrogens with zero attached hydrogens (tertiary/aromatic N) is 2. The van der Waals surface area contributed by atoms with Gasteiger partial charge in [-0.25, -0.2) is 4.79 Å². The number of halogens is 1. The second-order valence-electron chi connectivity index (χ2n) is 4.70. The van der Waals surface area contributed by atoms with Crippen molar-refractivity contribution in [2.75, 3.05) is 6.54 Å². The molecule has 0 aliphatic carbocycles. The Bertz CT molecular complexity index is 371. The Kier molecular flexibility index (Phi) is 5.23. The molecule has 0 saturated carbocycles. The molecule has 1 aromatic rings. The maximum atomic E-state index is 11.3. The normalized spacial score (nSPS) is 11.3. The lowest BCUT2D eigenvalue weighted by Crippen LogP contribution is -2.33. The summed E-state index contributed by atoms with van der Waals surface area (Å²) in [5.74, 6) is 0. The number of rotatable bonds is 4. The van der Waals surface area contributed by atoms with E-state index < -0.39 is 5.60 Å². The van der Waals surface area contributed by atoms with E-state index in [1.54, 1.807) is 0 Å². The fourth-order valence-electron chi connectivity index (χ4n) is 1.21. The molecule has 0 fully saturated rings. The molecule has 1 N–H and O–H groups in total. The molecule has 0 aromatic carbocycles. The lowest BCUT2D eigenvalue weighted by Gasteiger charge is -2.19. The average molecular weight is 351 g/mol. The van der Waals surface area contributed by atoms with E-state index in [1.807, 2.05) is 37.8 Å². The number of aromatic nitrogens is 2. The van der Waals surface area contributed by atoms with Crippen molar-refractivity contribution >= 4 is 28.7 Å². The molecule has 1 amide bonds. The highest BCUT2D eigenvalue weighted by Crippen LogP contribution is 2.06. The van der Waals surface area contributed by atoms with Gasteiger partial charge >= 0.3 is 6.09 Å². The van der Waals surface area contributed by atoms with Crippen LogP contribution in [0.1, 0.15) is 27.2 Å². The minimum Gasteiger partial charge on any atom is -0.444 e. The number of aryl methyl sites for hydroxylation is 1. The van der Waals surface area contributed by atoms with Crippen molar-refractivity contribution in [1.82, 2.24) is 15.1 Å². The van der Waals surface area contributed by atoms with Gasteiger partial charge in [0.2, 0.25) is 0 Å². The monoisotopic (exact) mass is 351 g/mol. The topological polar surface area (TPSA) is 56.1 Å². The zero-order valence-electron chi connectivity index (χ0n) is 10.4. The largest absolute Gasteiger partial charge is 0.444 e. The van der Waals surface area contributed by atoms with Gasteiger partial charge in [-0.05, 0) is 49.8 Å². The zero-order chi connectivity index (χ0) is 12.9. The van der Waals surface area contributed by atoms with Crippen LogP contribution in [0.2, 0.25) is 0 Å². The highest BCUT2D eigenvalue weighted by Gasteiger charge is 2.15. The second-order valence-corrected chi connectivity index (χ2v) is 5.95. The molecule has 0 aliphatic rings. The van der Waals surface area contributed by atoms with Crippen LogP contribution in [0.4, 0.5) is 4.79 Å². The van der Waals surface area contributed by atoms with Crippen molar-refractivity contribution in [3.05, 3.63) is 16.0 Å². The van der Waals surface area contributed by atoms with E-state index in [4.69, 9.17) is 4.74 Å². The third kappa shape index (κ3) is 6.50. The van der Waals surface area contributed by atoms with Gasteiger partial charge in [-0.3, -0.25) is 4.68 Å². The number of hydrogen-bond acceptors (Lipinski definition) is 3. The summed E-state index contributed by atoms with van der Waals surface area (Å²) < 4.78 is 8.09. The number of amides is 1. The van der Waals surface area contributed by atoms with E-state index in [0.29, 0.717) is 6.54 Å². The molecule has 1 aromatic heterocycles. The summed E-state index contributed by atoms with van der Waals surface area (Å²) in [6, 6.07) is 0. The van der Waals surface area contributed by atoms with Crippen molar-refractivity contribution < 1.29 is 9.53 Å². The van der Waals surface area contributed by atoms with Crippen molar-refractivity contribution in [2.24, 2.45) is 0 Å². The zero-order valence-corrected chi connectivity index (χ0v) is 12.5. The summed E-state index contributed by atoms with van der Waals surface area (Å²) in [5, 5.41) is 6.87. The average Bonchev–Trinajstić information content (AvgIpc) is 2.56. The number of ether oxygens (including phenoxy) is 1. The molecular weight excluding hydrogens is 333 g/mol. The molecule has 1 heterocycles. The standard InChI is InChI=1S/C11H18IN3O2/c1-11(2,3)17-10(16)13-5-4-6-15-8-9(12)7-14-15/h7-8H,4-6H2,1-3H3,(H,13,16). The van der Waals surface area contributed by atoms with E-state index in [9.17, 15) is 4.79 Å². The molecule has 1 rings (SSSR count). The minimum atomic E-state index is -0.442. The van der Waals surface area contributed by atoms with Crippen LogP contribution < -0.4 is 5.32 Å². The first-order chi connectivity index (χ1) is 7.87. The van der Waals surface area contributed by atoms with E-state index >= 15 is 0 Å². The van der Waals surface area contributed by atoms with E-state index in [-0.39, 0.29) is 6.09 Å². The highest BCUT2D eigenvalue weighted by atomic mass is 127. The summed E-state index contributed by atoms with van der Waals surface area (Å²) in [6.45, 7) is 6.92. The molecule has 0 radical (unpaired) electrons. The number of alkyl carbamates (subject to hydrolysis) is 1. The van der Waals surface area contributed by atoms with Gasteiger partial charge in [0.1, 0.15) is 5.60 Å². The van der Waals surface area contributed by atoms with E-state index in [1.165, 1.54) is 0 Å². The van der Waals surface area contributed by atoms with Crippen molar-refractivity contribution in [3.8, 4) is 0 Å². The van der Waals surface area contributed by atoms with Crippen LogP contribution in [0.5, 0.6) is 0 Å². The van der Waals surface area contributed by atoms with Crippen LogP contribution in [0.25, 0.3) is 0 Å². The Morgan fingerprint density at radius 3 is 2.82 bits per heavy atom. The summed E-state index contributed by atoms with van der Waals surface area (Å²) in [6.07, 6.45) is 4.24. The third-order valence-corrected chi connectivity index (χ3v) is 2.39. The number of carbonyl (C=O) groups excluding carboxylic acids is 1.